The lowest BCUT2D eigenvalue weighted by Crippen LogP contribution is -1.90. The van der Waals surface area contributed by atoms with Crippen molar-refractivity contribution in [2.45, 2.75) is 20.8 Å². The predicted octanol–water partition coefficient (Wildman–Crippen LogP) is 3.91. The van der Waals surface area contributed by atoms with Crippen LogP contribution in [0.5, 0.6) is 0 Å². The first-order valence-corrected chi connectivity index (χ1v) is 5.78. The van der Waals surface area contributed by atoms with Gasteiger partial charge in [0.1, 0.15) is 0 Å². The molecule has 1 heterocycles. The highest BCUT2D eigenvalue weighted by Gasteiger charge is 2.02. The van der Waals surface area contributed by atoms with Crippen molar-refractivity contribution >= 4 is 32.5 Å². The molecule has 0 unspecified atom stereocenters. The summed E-state index contributed by atoms with van der Waals surface area (Å²) in [6, 6.07) is 5.91. The molecule has 15 heavy (non-hydrogen) atoms. The molecule has 0 atom stereocenters. The van der Waals surface area contributed by atoms with Crippen LogP contribution in [0.15, 0.2) is 28.9 Å². The molecular weight excluding hydrogens is 252 g/mol. The number of aromatic nitrogens is 1. The third-order valence-corrected chi connectivity index (χ3v) is 2.68. The standard InChI is InChI=1S/C10H9BrN2.C2H6/c1-6-4-7-9(13-5-6)3-2-8(11)10(7)12;1-2/h2-5H,12H2,1H3;1-2H3. The maximum absolute atomic E-state index is 5.90. The van der Waals surface area contributed by atoms with Gasteiger partial charge in [0.05, 0.1) is 11.2 Å². The maximum Gasteiger partial charge on any atom is 0.0723 e. The first kappa shape index (κ1) is 12.0. The third-order valence-electron chi connectivity index (χ3n) is 1.99. The normalized spacial score (nSPS) is 9.60. The van der Waals surface area contributed by atoms with E-state index < -0.39 is 0 Å². The summed E-state index contributed by atoms with van der Waals surface area (Å²) < 4.78 is 0.924. The van der Waals surface area contributed by atoms with Crippen molar-refractivity contribution in [3.8, 4) is 0 Å². The molecule has 0 saturated heterocycles. The van der Waals surface area contributed by atoms with Gasteiger partial charge in [0.25, 0.3) is 0 Å². The Labute approximate surface area is 98.6 Å². The molecule has 0 aliphatic heterocycles. The highest BCUT2D eigenvalue weighted by Crippen LogP contribution is 2.27. The average molecular weight is 267 g/mol. The van der Waals surface area contributed by atoms with Gasteiger partial charge >= 0.3 is 0 Å². The van der Waals surface area contributed by atoms with Crippen LogP contribution in [0.25, 0.3) is 10.9 Å². The first-order chi connectivity index (χ1) is 7.18. The molecular formula is C12H15BrN2. The number of hydrogen-bond acceptors (Lipinski definition) is 2. The van der Waals surface area contributed by atoms with Gasteiger partial charge in [-0.1, -0.05) is 13.8 Å². The van der Waals surface area contributed by atoms with Crippen molar-refractivity contribution in [2.24, 2.45) is 0 Å². The molecule has 0 aliphatic carbocycles. The highest BCUT2D eigenvalue weighted by atomic mass is 79.9. The number of halogens is 1. The number of hydrogen-bond donors (Lipinski definition) is 1. The molecule has 1 aromatic heterocycles. The van der Waals surface area contributed by atoms with E-state index in [1.54, 1.807) is 0 Å². The topological polar surface area (TPSA) is 38.9 Å². The molecule has 80 valence electrons. The summed E-state index contributed by atoms with van der Waals surface area (Å²) in [5.41, 5.74) is 8.72. The Balaban J connectivity index is 0.000000531. The van der Waals surface area contributed by atoms with Gasteiger partial charge in [-0.15, -0.1) is 0 Å². The van der Waals surface area contributed by atoms with Crippen molar-refractivity contribution in [2.75, 3.05) is 5.73 Å². The van der Waals surface area contributed by atoms with E-state index in [0.717, 1.165) is 26.6 Å². The summed E-state index contributed by atoms with van der Waals surface area (Å²) in [5.74, 6) is 0. The fourth-order valence-corrected chi connectivity index (χ4v) is 1.64. The molecule has 3 heteroatoms. The van der Waals surface area contributed by atoms with Crippen molar-refractivity contribution in [3.63, 3.8) is 0 Å². The second kappa shape index (κ2) is 5.12. The second-order valence-corrected chi connectivity index (χ2v) is 3.89. The minimum absolute atomic E-state index is 0.758. The van der Waals surface area contributed by atoms with Gasteiger partial charge in [-0.2, -0.15) is 0 Å². The van der Waals surface area contributed by atoms with Crippen LogP contribution >= 0.6 is 15.9 Å². The minimum atomic E-state index is 0.758. The fourth-order valence-electron chi connectivity index (χ4n) is 1.30. The van der Waals surface area contributed by atoms with Gasteiger partial charge in [-0.05, 0) is 46.6 Å². The lowest BCUT2D eigenvalue weighted by Gasteiger charge is -2.03. The quantitative estimate of drug-likeness (QED) is 0.735. The van der Waals surface area contributed by atoms with Crippen LogP contribution in [-0.2, 0) is 0 Å². The first-order valence-electron chi connectivity index (χ1n) is 4.99. The number of nitrogens with two attached hydrogens (primary N) is 1. The largest absolute Gasteiger partial charge is 0.397 e. The van der Waals surface area contributed by atoms with E-state index in [1.807, 2.05) is 45.2 Å². The molecule has 0 radical (unpaired) electrons. The van der Waals surface area contributed by atoms with E-state index in [-0.39, 0.29) is 0 Å². The van der Waals surface area contributed by atoms with Crippen LogP contribution in [0.1, 0.15) is 19.4 Å². The molecule has 0 saturated carbocycles. The predicted molar refractivity (Wildman–Crippen MR) is 69.9 cm³/mol. The van der Waals surface area contributed by atoms with Gasteiger partial charge in [0, 0.05) is 16.1 Å². The lowest BCUT2D eigenvalue weighted by molar-refractivity contribution is 1.33. The van der Waals surface area contributed by atoms with Crippen LogP contribution in [0.4, 0.5) is 5.69 Å². The highest BCUT2D eigenvalue weighted by molar-refractivity contribution is 9.10. The summed E-state index contributed by atoms with van der Waals surface area (Å²) in [5, 5.41) is 1.01. The van der Waals surface area contributed by atoms with Gasteiger partial charge in [-0.25, -0.2) is 0 Å². The summed E-state index contributed by atoms with van der Waals surface area (Å²) >= 11 is 3.39. The zero-order valence-corrected chi connectivity index (χ0v) is 10.8. The molecule has 0 aliphatic rings. The van der Waals surface area contributed by atoms with E-state index in [1.165, 1.54) is 0 Å². The maximum atomic E-state index is 5.90. The Bertz CT molecular complexity index is 461. The zero-order valence-electron chi connectivity index (χ0n) is 9.21. The number of rotatable bonds is 0. The van der Waals surface area contributed by atoms with Gasteiger partial charge in [0.15, 0.2) is 0 Å². The van der Waals surface area contributed by atoms with E-state index in [4.69, 9.17) is 5.73 Å². The van der Waals surface area contributed by atoms with Crippen LogP contribution in [0.2, 0.25) is 0 Å². The van der Waals surface area contributed by atoms with Crippen molar-refractivity contribution in [3.05, 3.63) is 34.4 Å². The molecule has 0 amide bonds. The number of fused-ring (bicyclic) bond motifs is 1. The SMILES string of the molecule is CC.Cc1cnc2ccc(Br)c(N)c2c1. The molecule has 2 rings (SSSR count). The summed E-state index contributed by atoms with van der Waals surface area (Å²) in [4.78, 5) is 4.28. The van der Waals surface area contributed by atoms with Gasteiger partial charge in [0.2, 0.25) is 0 Å². The number of pyridine rings is 1. The second-order valence-electron chi connectivity index (χ2n) is 3.04. The van der Waals surface area contributed by atoms with Gasteiger partial charge < -0.3 is 5.73 Å². The summed E-state index contributed by atoms with van der Waals surface area (Å²) in [6.45, 7) is 6.01. The van der Waals surface area contributed by atoms with E-state index in [9.17, 15) is 0 Å². The Morgan fingerprint density at radius 3 is 2.60 bits per heavy atom. The third kappa shape index (κ3) is 2.48. The van der Waals surface area contributed by atoms with Gasteiger partial charge in [-0.3, -0.25) is 4.98 Å². The molecule has 1 aromatic carbocycles. The van der Waals surface area contributed by atoms with Crippen LogP contribution in [-0.4, -0.2) is 4.98 Å². The van der Waals surface area contributed by atoms with E-state index >= 15 is 0 Å². The average Bonchev–Trinajstić information content (AvgIpc) is 2.27. The number of nitrogens with zero attached hydrogens (tertiary/aromatic N) is 1. The minimum Gasteiger partial charge on any atom is -0.397 e. The smallest absolute Gasteiger partial charge is 0.0723 e. The van der Waals surface area contributed by atoms with Crippen LogP contribution in [0, 0.1) is 6.92 Å². The number of aryl methyl sites for hydroxylation is 1. The summed E-state index contributed by atoms with van der Waals surface area (Å²) in [6.07, 6.45) is 1.84. The molecule has 0 spiro atoms. The monoisotopic (exact) mass is 266 g/mol. The lowest BCUT2D eigenvalue weighted by atomic mass is 10.1. The number of benzene rings is 1. The van der Waals surface area contributed by atoms with Crippen LogP contribution < -0.4 is 5.73 Å². The Kier molecular flexibility index (Phi) is 4.09. The van der Waals surface area contributed by atoms with Crippen molar-refractivity contribution in [1.29, 1.82) is 0 Å². The molecule has 2 N–H and O–H groups in total. The van der Waals surface area contributed by atoms with Crippen LogP contribution in [0.3, 0.4) is 0 Å². The molecule has 2 nitrogen and oxygen atoms in total. The Morgan fingerprint density at radius 1 is 1.27 bits per heavy atom. The summed E-state index contributed by atoms with van der Waals surface area (Å²) in [7, 11) is 0. The number of nitrogen functional groups attached to an aromatic ring is 1. The van der Waals surface area contributed by atoms with E-state index in [0.29, 0.717) is 0 Å². The van der Waals surface area contributed by atoms with Crippen molar-refractivity contribution < 1.29 is 0 Å². The van der Waals surface area contributed by atoms with E-state index in [2.05, 4.69) is 20.9 Å². The van der Waals surface area contributed by atoms with Crippen molar-refractivity contribution in [1.82, 2.24) is 4.98 Å². The molecule has 0 bridgehead atoms. The fraction of sp³-hybridized carbons (Fsp3) is 0.250. The Hall–Kier alpha value is -1.09. The molecule has 0 fully saturated rings. The number of anilines is 1. The Morgan fingerprint density at radius 2 is 1.93 bits per heavy atom. The molecule has 2 aromatic rings. The zero-order chi connectivity index (χ0) is 11.4.